The fourth-order valence-electron chi connectivity index (χ4n) is 2.39. The second-order valence-corrected chi connectivity index (χ2v) is 5.65. The van der Waals surface area contributed by atoms with E-state index in [0.717, 1.165) is 32.5 Å². The van der Waals surface area contributed by atoms with Crippen LogP contribution in [-0.4, -0.2) is 30.6 Å². The summed E-state index contributed by atoms with van der Waals surface area (Å²) in [7, 11) is 0. The molecule has 0 aromatic carbocycles. The molecule has 1 heterocycles. The number of nitrogens with two attached hydrogens (primary N) is 2. The molecular weight excluding hydrogens is 250 g/mol. The number of likely N-dealkylation sites (tertiary alicyclic amines) is 1. The maximum atomic E-state index is 10.5. The number of rotatable bonds is 8. The smallest absolute Gasteiger partial charge is 0.314 e. The van der Waals surface area contributed by atoms with Gasteiger partial charge in [0.2, 0.25) is 0 Å². The maximum Gasteiger partial charge on any atom is 0.314 e. The highest BCUT2D eigenvalue weighted by Gasteiger charge is 2.11. The van der Waals surface area contributed by atoms with E-state index in [2.05, 4.69) is 6.92 Å². The molecule has 0 aromatic heterocycles. The molecule has 4 N–H and O–H groups in total. The van der Waals surface area contributed by atoms with Gasteiger partial charge in [-0.1, -0.05) is 51.9 Å². The van der Waals surface area contributed by atoms with Gasteiger partial charge in [-0.2, -0.15) is 0 Å². The van der Waals surface area contributed by atoms with Gasteiger partial charge in [-0.05, 0) is 32.2 Å². The van der Waals surface area contributed by atoms with Crippen molar-refractivity contribution in [1.82, 2.24) is 4.90 Å². The van der Waals surface area contributed by atoms with Crippen LogP contribution in [-0.2, 0) is 0 Å². The van der Waals surface area contributed by atoms with Crippen molar-refractivity contribution in [3.63, 3.8) is 0 Å². The lowest BCUT2D eigenvalue weighted by Crippen LogP contribution is -2.39. The zero-order chi connectivity index (χ0) is 15.1. The fourth-order valence-corrected chi connectivity index (χ4v) is 2.39. The average Bonchev–Trinajstić information content (AvgIpc) is 2.48. The molecular formula is C16H35N3O. The van der Waals surface area contributed by atoms with Crippen molar-refractivity contribution < 1.29 is 4.79 Å². The van der Waals surface area contributed by atoms with Crippen molar-refractivity contribution in [2.24, 2.45) is 11.5 Å². The van der Waals surface area contributed by atoms with Crippen molar-refractivity contribution in [2.75, 3.05) is 19.6 Å². The SMILES string of the molecule is CCCCCCCCCCN.NC(=O)N1CCCCC1. The van der Waals surface area contributed by atoms with E-state index in [0.29, 0.717) is 0 Å². The summed E-state index contributed by atoms with van der Waals surface area (Å²) < 4.78 is 0. The summed E-state index contributed by atoms with van der Waals surface area (Å²) in [6, 6.07) is -0.269. The predicted molar refractivity (Wildman–Crippen MR) is 86.7 cm³/mol. The number of hydrogen-bond acceptors (Lipinski definition) is 2. The Kier molecular flexibility index (Phi) is 14.1. The van der Waals surface area contributed by atoms with Crippen LogP contribution in [0, 0.1) is 0 Å². The number of primary amides is 1. The molecule has 0 radical (unpaired) electrons. The molecule has 2 amide bonds. The normalized spacial score (nSPS) is 14.6. The molecule has 1 fully saturated rings. The Hall–Kier alpha value is -0.770. The van der Waals surface area contributed by atoms with Crippen molar-refractivity contribution >= 4 is 6.03 Å². The molecule has 1 saturated heterocycles. The first-order chi connectivity index (χ1) is 9.72. The van der Waals surface area contributed by atoms with Gasteiger partial charge in [-0.25, -0.2) is 4.79 Å². The van der Waals surface area contributed by atoms with E-state index in [-0.39, 0.29) is 6.03 Å². The standard InChI is InChI=1S/C10H23N.C6H12N2O/c1-2-3-4-5-6-7-8-9-10-11;7-6(9)8-4-2-1-3-5-8/h2-11H2,1H3;1-5H2,(H2,7,9). The highest BCUT2D eigenvalue weighted by atomic mass is 16.2. The third kappa shape index (κ3) is 12.3. The van der Waals surface area contributed by atoms with Gasteiger partial charge in [0.1, 0.15) is 0 Å². The molecule has 4 heteroatoms. The minimum atomic E-state index is -0.269. The molecule has 1 aliphatic rings. The summed E-state index contributed by atoms with van der Waals surface area (Å²) in [4.78, 5) is 12.2. The largest absolute Gasteiger partial charge is 0.351 e. The number of amides is 2. The lowest BCUT2D eigenvalue weighted by molar-refractivity contribution is 0.196. The molecule has 0 unspecified atom stereocenters. The van der Waals surface area contributed by atoms with Gasteiger partial charge < -0.3 is 16.4 Å². The fraction of sp³-hybridized carbons (Fsp3) is 0.938. The molecule has 0 bridgehead atoms. The molecule has 0 saturated carbocycles. The van der Waals surface area contributed by atoms with Crippen LogP contribution in [0.2, 0.25) is 0 Å². The van der Waals surface area contributed by atoms with Gasteiger partial charge in [0.15, 0.2) is 0 Å². The van der Waals surface area contributed by atoms with Gasteiger partial charge in [0.05, 0.1) is 0 Å². The first-order valence-corrected chi connectivity index (χ1v) is 8.46. The number of nitrogens with zero attached hydrogens (tertiary/aromatic N) is 1. The summed E-state index contributed by atoms with van der Waals surface area (Å²) in [5, 5.41) is 0. The van der Waals surface area contributed by atoms with Crippen LogP contribution in [0.15, 0.2) is 0 Å². The first-order valence-electron chi connectivity index (χ1n) is 8.46. The number of urea groups is 1. The van der Waals surface area contributed by atoms with Crippen LogP contribution in [0.4, 0.5) is 4.79 Å². The Bertz CT molecular complexity index is 208. The molecule has 120 valence electrons. The quantitative estimate of drug-likeness (QED) is 0.668. The van der Waals surface area contributed by atoms with E-state index in [1.165, 1.54) is 57.8 Å². The summed E-state index contributed by atoms with van der Waals surface area (Å²) in [6.07, 6.45) is 14.4. The third-order valence-electron chi connectivity index (χ3n) is 3.73. The molecule has 0 aliphatic carbocycles. The van der Waals surface area contributed by atoms with Crippen molar-refractivity contribution in [2.45, 2.75) is 77.6 Å². The van der Waals surface area contributed by atoms with Crippen LogP contribution in [0.3, 0.4) is 0 Å². The van der Waals surface area contributed by atoms with Gasteiger partial charge in [0.25, 0.3) is 0 Å². The Morgan fingerprint density at radius 2 is 1.40 bits per heavy atom. The second kappa shape index (κ2) is 14.6. The molecule has 0 atom stereocenters. The van der Waals surface area contributed by atoms with Gasteiger partial charge in [-0.15, -0.1) is 0 Å². The lowest BCUT2D eigenvalue weighted by atomic mass is 10.1. The van der Waals surface area contributed by atoms with Crippen molar-refractivity contribution in [3.05, 3.63) is 0 Å². The minimum absolute atomic E-state index is 0.269. The van der Waals surface area contributed by atoms with Gasteiger partial charge in [-0.3, -0.25) is 0 Å². The Balaban J connectivity index is 0.000000367. The van der Waals surface area contributed by atoms with E-state index in [9.17, 15) is 4.79 Å². The van der Waals surface area contributed by atoms with E-state index in [1.54, 1.807) is 4.90 Å². The predicted octanol–water partition coefficient (Wildman–Crippen LogP) is 3.64. The van der Waals surface area contributed by atoms with Crippen molar-refractivity contribution in [3.8, 4) is 0 Å². The minimum Gasteiger partial charge on any atom is -0.351 e. The number of carbonyl (C=O) groups is 1. The van der Waals surface area contributed by atoms with Crippen LogP contribution in [0.1, 0.15) is 77.6 Å². The summed E-state index contributed by atoms with van der Waals surface area (Å²) >= 11 is 0. The molecule has 4 nitrogen and oxygen atoms in total. The summed E-state index contributed by atoms with van der Waals surface area (Å²) in [5.74, 6) is 0. The zero-order valence-electron chi connectivity index (χ0n) is 13.4. The average molecular weight is 285 g/mol. The van der Waals surface area contributed by atoms with E-state index < -0.39 is 0 Å². The number of carbonyl (C=O) groups excluding carboxylic acids is 1. The highest BCUT2D eigenvalue weighted by Crippen LogP contribution is 2.08. The van der Waals surface area contributed by atoms with Gasteiger partial charge >= 0.3 is 6.03 Å². The van der Waals surface area contributed by atoms with Crippen LogP contribution >= 0.6 is 0 Å². The monoisotopic (exact) mass is 285 g/mol. The molecule has 0 aromatic rings. The highest BCUT2D eigenvalue weighted by molar-refractivity contribution is 5.71. The zero-order valence-corrected chi connectivity index (χ0v) is 13.4. The molecule has 1 aliphatic heterocycles. The Morgan fingerprint density at radius 3 is 1.80 bits per heavy atom. The first kappa shape index (κ1) is 19.2. The van der Waals surface area contributed by atoms with E-state index >= 15 is 0 Å². The Labute approximate surface area is 125 Å². The molecule has 20 heavy (non-hydrogen) atoms. The second-order valence-electron chi connectivity index (χ2n) is 5.65. The van der Waals surface area contributed by atoms with Crippen LogP contribution in [0.5, 0.6) is 0 Å². The lowest BCUT2D eigenvalue weighted by Gasteiger charge is -2.24. The topological polar surface area (TPSA) is 72.3 Å². The third-order valence-corrected chi connectivity index (χ3v) is 3.73. The maximum absolute atomic E-state index is 10.5. The van der Waals surface area contributed by atoms with Crippen molar-refractivity contribution in [1.29, 1.82) is 0 Å². The van der Waals surface area contributed by atoms with E-state index in [4.69, 9.17) is 11.5 Å². The Morgan fingerprint density at radius 1 is 0.900 bits per heavy atom. The van der Waals surface area contributed by atoms with Gasteiger partial charge in [0, 0.05) is 13.1 Å². The summed E-state index contributed by atoms with van der Waals surface area (Å²) in [6.45, 7) is 4.84. The summed E-state index contributed by atoms with van der Waals surface area (Å²) in [5.41, 5.74) is 10.4. The number of hydrogen-bond donors (Lipinski definition) is 2. The number of piperidine rings is 1. The van der Waals surface area contributed by atoms with Crippen LogP contribution < -0.4 is 11.5 Å². The molecule has 1 rings (SSSR count). The van der Waals surface area contributed by atoms with Crippen LogP contribution in [0.25, 0.3) is 0 Å². The number of unbranched alkanes of at least 4 members (excludes halogenated alkanes) is 7. The van der Waals surface area contributed by atoms with E-state index in [1.807, 2.05) is 0 Å². The molecule has 0 spiro atoms.